The molecule has 0 aliphatic carbocycles. The van der Waals surface area contributed by atoms with Gasteiger partial charge in [-0.3, -0.25) is 9.38 Å². The number of benzene rings is 2. The van der Waals surface area contributed by atoms with Gasteiger partial charge in [0.05, 0.1) is 22.0 Å². The van der Waals surface area contributed by atoms with Crippen molar-refractivity contribution in [3.8, 4) is 11.3 Å². The molecule has 0 saturated heterocycles. The Bertz CT molecular complexity index is 1560. The molecule has 0 radical (unpaired) electrons. The maximum Gasteiger partial charge on any atom is 0.435 e. The Labute approximate surface area is 211 Å². The summed E-state index contributed by atoms with van der Waals surface area (Å²) in [6, 6.07) is 11.6. The summed E-state index contributed by atoms with van der Waals surface area (Å²) in [5, 5.41) is 2.48. The van der Waals surface area contributed by atoms with Crippen molar-refractivity contribution in [2.24, 2.45) is 0 Å². The molecule has 194 valence electrons. The fourth-order valence-electron chi connectivity index (χ4n) is 3.90. The van der Waals surface area contributed by atoms with E-state index in [-0.39, 0.29) is 22.8 Å². The van der Waals surface area contributed by atoms with E-state index < -0.39 is 27.9 Å². The highest BCUT2D eigenvalue weighted by atomic mass is 32.2. The minimum absolute atomic E-state index is 0.0318. The summed E-state index contributed by atoms with van der Waals surface area (Å²) in [6.07, 6.45) is -2.81. The molecule has 0 saturated carbocycles. The van der Waals surface area contributed by atoms with Gasteiger partial charge < -0.3 is 5.32 Å². The van der Waals surface area contributed by atoms with Gasteiger partial charge in [-0.05, 0) is 44.9 Å². The molecule has 2 amide bonds. The van der Waals surface area contributed by atoms with E-state index in [0.717, 1.165) is 11.1 Å². The summed E-state index contributed by atoms with van der Waals surface area (Å²) < 4.78 is 69.3. The van der Waals surface area contributed by atoms with E-state index in [1.165, 1.54) is 22.7 Å². The number of alkyl halides is 3. The number of imidazole rings is 1. The smallest absolute Gasteiger partial charge is 0.337 e. The Morgan fingerprint density at radius 1 is 0.973 bits per heavy atom. The number of fused-ring (bicyclic) bond motifs is 1. The number of sulfonamides is 1. The van der Waals surface area contributed by atoms with Gasteiger partial charge in [0.25, 0.3) is 10.0 Å². The zero-order valence-electron chi connectivity index (χ0n) is 20.2. The van der Waals surface area contributed by atoms with Gasteiger partial charge in [-0.1, -0.05) is 42.0 Å². The first-order valence-electron chi connectivity index (χ1n) is 11.3. The Hall–Kier alpha value is -3.93. The van der Waals surface area contributed by atoms with Crippen molar-refractivity contribution in [1.82, 2.24) is 24.4 Å². The number of amides is 2. The van der Waals surface area contributed by atoms with Crippen molar-refractivity contribution in [3.63, 3.8) is 0 Å². The van der Waals surface area contributed by atoms with E-state index in [1.54, 1.807) is 50.2 Å². The van der Waals surface area contributed by atoms with Crippen molar-refractivity contribution >= 4 is 21.7 Å². The molecule has 0 atom stereocenters. The van der Waals surface area contributed by atoms with Crippen LogP contribution in [0.15, 0.2) is 59.6 Å². The third-order valence-corrected chi connectivity index (χ3v) is 7.00. The number of rotatable bonds is 6. The molecule has 0 bridgehead atoms. The first-order chi connectivity index (χ1) is 17.3. The molecule has 0 spiro atoms. The van der Waals surface area contributed by atoms with Crippen LogP contribution >= 0.6 is 0 Å². The molecule has 4 rings (SSSR count). The first kappa shape index (κ1) is 26.1. The molecule has 37 heavy (non-hydrogen) atoms. The van der Waals surface area contributed by atoms with Crippen LogP contribution in [-0.4, -0.2) is 35.4 Å². The summed E-state index contributed by atoms with van der Waals surface area (Å²) in [5.41, 5.74) is 1.95. The Morgan fingerprint density at radius 3 is 2.24 bits per heavy atom. The fourth-order valence-corrected chi connectivity index (χ4v) is 4.83. The van der Waals surface area contributed by atoms with E-state index in [4.69, 9.17) is 0 Å². The third kappa shape index (κ3) is 5.74. The van der Waals surface area contributed by atoms with Gasteiger partial charge in [0.2, 0.25) is 0 Å². The van der Waals surface area contributed by atoms with Gasteiger partial charge in [-0.15, -0.1) is 0 Å². The number of carbonyl (C=O) groups excluding carboxylic acids is 1. The summed E-state index contributed by atoms with van der Waals surface area (Å²) in [4.78, 5) is 20.1. The Morgan fingerprint density at radius 2 is 1.62 bits per heavy atom. The topological polar surface area (TPSA) is 105 Å². The van der Waals surface area contributed by atoms with Crippen molar-refractivity contribution in [1.29, 1.82) is 0 Å². The second-order valence-corrected chi connectivity index (χ2v) is 10.3. The number of aryl methyl sites for hydroxylation is 3. The number of hydrogen-bond donors (Lipinski definition) is 2. The van der Waals surface area contributed by atoms with Crippen molar-refractivity contribution < 1.29 is 26.4 Å². The molecule has 12 heteroatoms. The van der Waals surface area contributed by atoms with Crippen LogP contribution in [-0.2, 0) is 22.6 Å². The molecule has 0 aliphatic rings. The number of carbonyl (C=O) groups is 1. The highest BCUT2D eigenvalue weighted by Crippen LogP contribution is 2.37. The van der Waals surface area contributed by atoms with Gasteiger partial charge in [0.1, 0.15) is 0 Å². The highest BCUT2D eigenvalue weighted by Gasteiger charge is 2.38. The van der Waals surface area contributed by atoms with Crippen molar-refractivity contribution in [3.05, 3.63) is 82.9 Å². The molecule has 4 aromatic rings. The lowest BCUT2D eigenvalue weighted by Gasteiger charge is -2.11. The average Bonchev–Trinajstić information content (AvgIpc) is 3.20. The van der Waals surface area contributed by atoms with E-state index in [9.17, 15) is 26.4 Å². The Balaban J connectivity index is 1.46. The predicted octanol–water partition coefficient (Wildman–Crippen LogP) is 4.57. The number of urea groups is 1. The Kier molecular flexibility index (Phi) is 6.96. The lowest BCUT2D eigenvalue weighted by Crippen LogP contribution is -2.40. The molecule has 0 unspecified atom stereocenters. The standard InChI is InChI=1S/C25H24F3N5O3S/c1-15-4-10-20(11-5-15)37(35,36)32-24(34)29-13-12-18-6-8-19(9-7-18)21-22(25(26,27)28)31-23-17(3)30-16(2)14-33(21)23/h4-11,14H,12-13H2,1-3H3,(H2,29,32,34). The largest absolute Gasteiger partial charge is 0.435 e. The fraction of sp³-hybridized carbons (Fsp3) is 0.240. The number of nitrogens with zero attached hydrogens (tertiary/aromatic N) is 3. The molecule has 0 fully saturated rings. The second kappa shape index (κ2) is 9.85. The summed E-state index contributed by atoms with van der Waals surface area (Å²) >= 11 is 0. The predicted molar refractivity (Wildman–Crippen MR) is 132 cm³/mol. The normalized spacial score (nSPS) is 12.1. The summed E-state index contributed by atoms with van der Waals surface area (Å²) in [6.45, 7) is 5.23. The average molecular weight is 532 g/mol. The number of nitrogens with one attached hydrogen (secondary N) is 2. The second-order valence-electron chi connectivity index (χ2n) is 8.59. The maximum atomic E-state index is 13.8. The monoisotopic (exact) mass is 531 g/mol. The summed E-state index contributed by atoms with van der Waals surface area (Å²) in [5.74, 6) is 0. The van der Waals surface area contributed by atoms with Crippen LogP contribution in [0.3, 0.4) is 0 Å². The third-order valence-electron chi connectivity index (χ3n) is 5.65. The number of aromatic nitrogens is 3. The lowest BCUT2D eigenvalue weighted by molar-refractivity contribution is -0.140. The zero-order chi connectivity index (χ0) is 27.0. The van der Waals surface area contributed by atoms with Crippen LogP contribution in [0.2, 0.25) is 0 Å². The maximum absolute atomic E-state index is 13.8. The number of halogens is 3. The summed E-state index contributed by atoms with van der Waals surface area (Å²) in [7, 11) is -4.01. The van der Waals surface area contributed by atoms with Crippen LogP contribution in [0.1, 0.15) is 28.2 Å². The first-order valence-corrected chi connectivity index (χ1v) is 12.7. The van der Waals surface area contributed by atoms with E-state index >= 15 is 0 Å². The molecule has 2 aromatic carbocycles. The molecule has 2 N–H and O–H groups in total. The highest BCUT2D eigenvalue weighted by molar-refractivity contribution is 7.90. The molecule has 2 aromatic heterocycles. The zero-order valence-corrected chi connectivity index (χ0v) is 21.0. The van der Waals surface area contributed by atoms with Crippen molar-refractivity contribution in [2.45, 2.75) is 38.3 Å². The molecule has 2 heterocycles. The molecular formula is C25H24F3N5O3S. The quantitative estimate of drug-likeness (QED) is 0.379. The van der Waals surface area contributed by atoms with E-state index in [0.29, 0.717) is 23.4 Å². The van der Waals surface area contributed by atoms with Gasteiger partial charge in [-0.2, -0.15) is 13.2 Å². The van der Waals surface area contributed by atoms with Crippen LogP contribution in [0.5, 0.6) is 0 Å². The van der Waals surface area contributed by atoms with E-state index in [2.05, 4.69) is 15.3 Å². The van der Waals surface area contributed by atoms with Gasteiger partial charge in [0.15, 0.2) is 11.3 Å². The van der Waals surface area contributed by atoms with Crippen LogP contribution in [0.4, 0.5) is 18.0 Å². The molecule has 8 nitrogen and oxygen atoms in total. The SMILES string of the molecule is Cc1ccc(S(=O)(=O)NC(=O)NCCc2ccc(-c3c(C(F)(F)F)nc4c(C)nc(C)cn34)cc2)cc1. The minimum Gasteiger partial charge on any atom is -0.337 e. The lowest BCUT2D eigenvalue weighted by atomic mass is 10.1. The van der Waals surface area contributed by atoms with E-state index in [1.807, 2.05) is 11.6 Å². The van der Waals surface area contributed by atoms with Gasteiger partial charge in [0, 0.05) is 18.3 Å². The van der Waals surface area contributed by atoms with Crippen molar-refractivity contribution in [2.75, 3.05) is 6.54 Å². The van der Waals surface area contributed by atoms with Crippen LogP contribution in [0, 0.1) is 20.8 Å². The van der Waals surface area contributed by atoms with Gasteiger partial charge >= 0.3 is 12.2 Å². The molecule has 0 aliphatic heterocycles. The van der Waals surface area contributed by atoms with Crippen LogP contribution < -0.4 is 10.0 Å². The number of hydrogen-bond acceptors (Lipinski definition) is 5. The van der Waals surface area contributed by atoms with Gasteiger partial charge in [-0.25, -0.2) is 22.9 Å². The molecular weight excluding hydrogens is 507 g/mol. The minimum atomic E-state index is -4.66. The van der Waals surface area contributed by atoms with Crippen LogP contribution in [0.25, 0.3) is 16.9 Å².